The van der Waals surface area contributed by atoms with Crippen LogP contribution in [0.5, 0.6) is 0 Å². The Bertz CT molecular complexity index is 587. The second kappa shape index (κ2) is 5.40. The zero-order valence-corrected chi connectivity index (χ0v) is 14.4. The van der Waals surface area contributed by atoms with Gasteiger partial charge < -0.3 is 4.74 Å². The van der Waals surface area contributed by atoms with Gasteiger partial charge in [0.1, 0.15) is 0 Å². The third kappa shape index (κ3) is 2.37. The third-order valence-corrected chi connectivity index (χ3v) is 6.16. The Morgan fingerprint density at radius 3 is 2.77 bits per heavy atom. The molecule has 3 rings (SSSR count). The van der Waals surface area contributed by atoms with Crippen LogP contribution in [0.4, 0.5) is 0 Å². The zero-order chi connectivity index (χ0) is 16.0. The number of rotatable bonds is 2. The van der Waals surface area contributed by atoms with Gasteiger partial charge in [-0.1, -0.05) is 33.3 Å². The van der Waals surface area contributed by atoms with Crippen LogP contribution in [-0.4, -0.2) is 12.6 Å². The minimum Gasteiger partial charge on any atom is -0.462 e. The highest BCUT2D eigenvalue weighted by Crippen LogP contribution is 2.56. The van der Waals surface area contributed by atoms with E-state index in [1.54, 1.807) is 0 Å². The molecular weight excluding hydrogens is 272 g/mol. The summed E-state index contributed by atoms with van der Waals surface area (Å²) in [6.07, 6.45) is 6.24. The van der Waals surface area contributed by atoms with E-state index in [1.807, 2.05) is 13.0 Å². The smallest absolute Gasteiger partial charge is 0.338 e. The molecule has 1 aromatic rings. The minimum absolute atomic E-state index is 0.193. The number of hydrogen-bond donors (Lipinski definition) is 0. The van der Waals surface area contributed by atoms with Crippen LogP contribution in [0.2, 0.25) is 0 Å². The van der Waals surface area contributed by atoms with E-state index in [9.17, 15) is 4.79 Å². The van der Waals surface area contributed by atoms with Crippen LogP contribution in [-0.2, 0) is 16.6 Å². The van der Waals surface area contributed by atoms with E-state index in [0.29, 0.717) is 17.6 Å². The summed E-state index contributed by atoms with van der Waals surface area (Å²) < 4.78 is 5.14. The summed E-state index contributed by atoms with van der Waals surface area (Å²) in [6, 6.07) is 6.25. The molecule has 1 saturated carbocycles. The van der Waals surface area contributed by atoms with Crippen molar-refractivity contribution in [2.45, 2.75) is 65.2 Å². The van der Waals surface area contributed by atoms with Gasteiger partial charge >= 0.3 is 5.97 Å². The van der Waals surface area contributed by atoms with E-state index in [4.69, 9.17) is 4.74 Å². The first kappa shape index (κ1) is 15.6. The molecule has 0 amide bonds. The number of fused-ring (bicyclic) bond motifs is 3. The van der Waals surface area contributed by atoms with Gasteiger partial charge in [-0.3, -0.25) is 0 Å². The fraction of sp³-hybridized carbons (Fsp3) is 0.650. The van der Waals surface area contributed by atoms with E-state index in [-0.39, 0.29) is 11.4 Å². The van der Waals surface area contributed by atoms with E-state index in [0.717, 1.165) is 12.3 Å². The average molecular weight is 300 g/mol. The molecule has 2 unspecified atom stereocenters. The van der Waals surface area contributed by atoms with Crippen LogP contribution in [0, 0.1) is 11.3 Å². The van der Waals surface area contributed by atoms with Gasteiger partial charge in [0.2, 0.25) is 0 Å². The standard InChI is InChI=1S/C20H28O2/c1-5-22-18(21)15-7-9-16-14(13-15)8-10-17-19(2,3)11-6-12-20(16,17)4/h7,9,13,17H,5-6,8,10-12H2,1-4H3. The van der Waals surface area contributed by atoms with Crippen molar-refractivity contribution in [2.75, 3.05) is 6.61 Å². The Kier molecular flexibility index (Phi) is 3.82. The van der Waals surface area contributed by atoms with Crippen molar-refractivity contribution in [3.05, 3.63) is 34.9 Å². The van der Waals surface area contributed by atoms with E-state index < -0.39 is 0 Å². The molecule has 0 aromatic heterocycles. The van der Waals surface area contributed by atoms with Gasteiger partial charge in [0.15, 0.2) is 0 Å². The first-order valence-corrected chi connectivity index (χ1v) is 8.69. The van der Waals surface area contributed by atoms with Crippen molar-refractivity contribution < 1.29 is 9.53 Å². The van der Waals surface area contributed by atoms with E-state index in [1.165, 1.54) is 36.8 Å². The maximum absolute atomic E-state index is 12.0. The lowest BCUT2D eigenvalue weighted by Crippen LogP contribution is -2.47. The Hall–Kier alpha value is -1.31. The van der Waals surface area contributed by atoms with Crippen molar-refractivity contribution in [1.82, 2.24) is 0 Å². The largest absolute Gasteiger partial charge is 0.462 e. The number of ether oxygens (including phenoxy) is 1. The predicted octanol–water partition coefficient (Wildman–Crippen LogP) is 4.89. The highest BCUT2D eigenvalue weighted by Gasteiger charge is 2.49. The number of hydrogen-bond acceptors (Lipinski definition) is 2. The Labute approximate surface area is 134 Å². The maximum Gasteiger partial charge on any atom is 0.338 e. The number of carbonyl (C=O) groups excluding carboxylic acids is 1. The summed E-state index contributed by atoms with van der Waals surface area (Å²) in [5.74, 6) is 0.552. The molecule has 1 fully saturated rings. The van der Waals surface area contributed by atoms with Gasteiger partial charge in [0.05, 0.1) is 12.2 Å². The summed E-state index contributed by atoms with van der Waals surface area (Å²) in [5.41, 5.74) is 4.23. The molecule has 22 heavy (non-hydrogen) atoms. The Morgan fingerprint density at radius 1 is 1.27 bits per heavy atom. The Balaban J connectivity index is 1.99. The molecule has 0 N–H and O–H groups in total. The summed E-state index contributed by atoms with van der Waals surface area (Å²) in [5, 5.41) is 0. The molecule has 1 aromatic carbocycles. The molecular formula is C20H28O2. The average Bonchev–Trinajstić information content (AvgIpc) is 2.46. The molecule has 0 spiro atoms. The van der Waals surface area contributed by atoms with Crippen LogP contribution in [0.3, 0.4) is 0 Å². The molecule has 2 atom stereocenters. The lowest BCUT2D eigenvalue weighted by molar-refractivity contribution is 0.0404. The van der Waals surface area contributed by atoms with Crippen molar-refractivity contribution in [1.29, 1.82) is 0 Å². The van der Waals surface area contributed by atoms with Gasteiger partial charge in [0.25, 0.3) is 0 Å². The molecule has 2 nitrogen and oxygen atoms in total. The van der Waals surface area contributed by atoms with Crippen LogP contribution >= 0.6 is 0 Å². The van der Waals surface area contributed by atoms with Crippen LogP contribution in [0.1, 0.15) is 74.9 Å². The first-order valence-electron chi connectivity index (χ1n) is 8.69. The summed E-state index contributed by atoms with van der Waals surface area (Å²) in [7, 11) is 0. The molecule has 2 aliphatic carbocycles. The first-order chi connectivity index (χ1) is 10.4. The summed E-state index contributed by atoms with van der Waals surface area (Å²) >= 11 is 0. The fourth-order valence-corrected chi connectivity index (χ4v) is 5.15. The second-order valence-corrected chi connectivity index (χ2v) is 7.94. The van der Waals surface area contributed by atoms with E-state index in [2.05, 4.69) is 32.9 Å². The van der Waals surface area contributed by atoms with Crippen LogP contribution < -0.4 is 0 Å². The fourth-order valence-electron chi connectivity index (χ4n) is 5.15. The molecule has 0 aliphatic heterocycles. The van der Waals surface area contributed by atoms with Gasteiger partial charge in [-0.2, -0.15) is 0 Å². The molecule has 0 heterocycles. The van der Waals surface area contributed by atoms with Crippen molar-refractivity contribution in [2.24, 2.45) is 11.3 Å². The number of esters is 1. The van der Waals surface area contributed by atoms with Crippen molar-refractivity contribution in [3.63, 3.8) is 0 Å². The number of benzene rings is 1. The Morgan fingerprint density at radius 2 is 2.05 bits per heavy atom. The predicted molar refractivity (Wildman–Crippen MR) is 89.2 cm³/mol. The lowest BCUT2D eigenvalue weighted by atomic mass is 9.50. The molecule has 0 saturated heterocycles. The molecule has 2 heteroatoms. The quantitative estimate of drug-likeness (QED) is 0.727. The molecule has 0 radical (unpaired) electrons. The van der Waals surface area contributed by atoms with Crippen LogP contribution in [0.15, 0.2) is 18.2 Å². The highest BCUT2D eigenvalue weighted by molar-refractivity contribution is 5.89. The molecule has 2 aliphatic rings. The van der Waals surface area contributed by atoms with Crippen molar-refractivity contribution >= 4 is 5.97 Å². The number of carbonyl (C=O) groups is 1. The number of aryl methyl sites for hydroxylation is 1. The third-order valence-electron chi connectivity index (χ3n) is 6.16. The monoisotopic (exact) mass is 300 g/mol. The zero-order valence-electron chi connectivity index (χ0n) is 14.4. The second-order valence-electron chi connectivity index (χ2n) is 7.94. The van der Waals surface area contributed by atoms with E-state index >= 15 is 0 Å². The summed E-state index contributed by atoms with van der Waals surface area (Å²) in [6.45, 7) is 9.61. The highest BCUT2D eigenvalue weighted by atomic mass is 16.5. The molecule has 120 valence electrons. The van der Waals surface area contributed by atoms with Crippen molar-refractivity contribution in [3.8, 4) is 0 Å². The van der Waals surface area contributed by atoms with Gasteiger partial charge in [-0.15, -0.1) is 0 Å². The van der Waals surface area contributed by atoms with Crippen LogP contribution in [0.25, 0.3) is 0 Å². The lowest BCUT2D eigenvalue weighted by Gasteiger charge is -2.54. The summed E-state index contributed by atoms with van der Waals surface area (Å²) in [4.78, 5) is 12.0. The SMILES string of the molecule is CCOC(=O)c1ccc2c(c1)CCC1C(C)(C)CCCC21C. The van der Waals surface area contributed by atoms with Gasteiger partial charge in [-0.05, 0) is 72.6 Å². The van der Waals surface area contributed by atoms with Gasteiger partial charge in [0, 0.05) is 0 Å². The topological polar surface area (TPSA) is 26.3 Å². The minimum atomic E-state index is -0.193. The normalized spacial score (nSPS) is 29.4. The molecule has 0 bridgehead atoms. The maximum atomic E-state index is 12.0. The van der Waals surface area contributed by atoms with Gasteiger partial charge in [-0.25, -0.2) is 4.79 Å².